The van der Waals surface area contributed by atoms with E-state index in [1.807, 2.05) is 36.4 Å². The minimum Gasteiger partial charge on any atom is -0.497 e. The fraction of sp³-hybridized carbons (Fsp3) is 0.321. The molecule has 36 heavy (non-hydrogen) atoms. The molecule has 1 aliphatic rings. The summed E-state index contributed by atoms with van der Waals surface area (Å²) in [4.78, 5) is 32.0. The van der Waals surface area contributed by atoms with E-state index in [-0.39, 0.29) is 12.2 Å². The molecule has 2 aromatic carbocycles. The Labute approximate surface area is 214 Å². The lowest BCUT2D eigenvalue weighted by molar-refractivity contribution is -0.139. The summed E-state index contributed by atoms with van der Waals surface area (Å²) >= 11 is 1.28. The van der Waals surface area contributed by atoms with Crippen LogP contribution in [0, 0.1) is 0 Å². The van der Waals surface area contributed by atoms with Gasteiger partial charge in [0.15, 0.2) is 4.80 Å². The standard InChI is InChI=1S/C28H30N2O5S/c1-7-35-27(32)24-17(4)29-28-30(25(24)19-10-8-18(9-11-19)16(2)3)26(31)23(36-28)14-20-12-13-21(33-5)15-22(20)34-6/h8-16,25H,7H2,1-6H3. The van der Waals surface area contributed by atoms with Crippen molar-refractivity contribution in [2.45, 2.75) is 39.7 Å². The van der Waals surface area contributed by atoms with Gasteiger partial charge in [0.25, 0.3) is 5.56 Å². The van der Waals surface area contributed by atoms with Crippen molar-refractivity contribution >= 4 is 23.4 Å². The predicted molar refractivity (Wildman–Crippen MR) is 140 cm³/mol. The number of hydrogen-bond acceptors (Lipinski definition) is 7. The summed E-state index contributed by atoms with van der Waals surface area (Å²) in [5.74, 6) is 1.14. The van der Waals surface area contributed by atoms with Gasteiger partial charge in [-0.1, -0.05) is 49.4 Å². The molecule has 0 radical (unpaired) electrons. The van der Waals surface area contributed by atoms with Gasteiger partial charge in [0.2, 0.25) is 0 Å². The number of methoxy groups -OCH3 is 2. The molecule has 1 aliphatic heterocycles. The molecule has 3 aromatic rings. The molecule has 0 fully saturated rings. The highest BCUT2D eigenvalue weighted by atomic mass is 32.1. The molecular weight excluding hydrogens is 476 g/mol. The highest BCUT2D eigenvalue weighted by Crippen LogP contribution is 2.31. The second kappa shape index (κ2) is 10.5. The quantitative estimate of drug-likeness (QED) is 0.454. The summed E-state index contributed by atoms with van der Waals surface area (Å²) < 4.78 is 18.2. The van der Waals surface area contributed by atoms with Gasteiger partial charge in [-0.2, -0.15) is 0 Å². The molecule has 4 rings (SSSR count). The topological polar surface area (TPSA) is 79.1 Å². The van der Waals surface area contributed by atoms with E-state index in [2.05, 4.69) is 18.8 Å². The molecule has 7 nitrogen and oxygen atoms in total. The maximum absolute atomic E-state index is 13.8. The van der Waals surface area contributed by atoms with Crippen LogP contribution in [0.15, 0.2) is 63.5 Å². The summed E-state index contributed by atoms with van der Waals surface area (Å²) in [6, 6.07) is 12.8. The molecule has 1 unspecified atom stereocenters. The van der Waals surface area contributed by atoms with E-state index in [1.54, 1.807) is 44.8 Å². The molecule has 0 aliphatic carbocycles. The zero-order valence-corrected chi connectivity index (χ0v) is 22.1. The third kappa shape index (κ3) is 4.73. The van der Waals surface area contributed by atoms with Crippen LogP contribution in [0.5, 0.6) is 11.5 Å². The first kappa shape index (κ1) is 25.4. The fourth-order valence-corrected chi connectivity index (χ4v) is 5.29. The van der Waals surface area contributed by atoms with Crippen LogP contribution in [0.1, 0.15) is 56.3 Å². The van der Waals surface area contributed by atoms with E-state index < -0.39 is 12.0 Å². The number of esters is 1. The highest BCUT2D eigenvalue weighted by molar-refractivity contribution is 7.07. The molecule has 0 bridgehead atoms. The van der Waals surface area contributed by atoms with Crippen LogP contribution in [-0.4, -0.2) is 31.4 Å². The fourth-order valence-electron chi connectivity index (χ4n) is 4.25. The van der Waals surface area contributed by atoms with Crippen LogP contribution in [0.4, 0.5) is 0 Å². The summed E-state index contributed by atoms with van der Waals surface area (Å²) in [6.07, 6.45) is 1.78. The maximum atomic E-state index is 13.8. The minimum atomic E-state index is -0.638. The average Bonchev–Trinajstić information content (AvgIpc) is 3.17. The van der Waals surface area contributed by atoms with Gasteiger partial charge < -0.3 is 14.2 Å². The molecular formula is C28H30N2O5S. The van der Waals surface area contributed by atoms with Gasteiger partial charge in [-0.05, 0) is 49.1 Å². The molecule has 8 heteroatoms. The lowest BCUT2D eigenvalue weighted by Crippen LogP contribution is -2.39. The molecule has 188 valence electrons. The molecule has 2 heterocycles. The zero-order valence-electron chi connectivity index (χ0n) is 21.3. The van der Waals surface area contributed by atoms with E-state index in [4.69, 9.17) is 14.2 Å². The molecule has 1 atom stereocenters. The van der Waals surface area contributed by atoms with E-state index in [0.29, 0.717) is 38.0 Å². The number of fused-ring (bicyclic) bond motifs is 1. The van der Waals surface area contributed by atoms with Crippen LogP contribution in [0.25, 0.3) is 6.08 Å². The summed E-state index contributed by atoms with van der Waals surface area (Å²) in [7, 11) is 3.16. The highest BCUT2D eigenvalue weighted by Gasteiger charge is 2.33. The normalized spacial score (nSPS) is 15.5. The number of nitrogens with zero attached hydrogens (tertiary/aromatic N) is 2. The van der Waals surface area contributed by atoms with E-state index in [0.717, 1.165) is 11.1 Å². The summed E-state index contributed by atoms with van der Waals surface area (Å²) in [6.45, 7) is 8.03. The number of rotatable bonds is 7. The number of aromatic nitrogens is 1. The molecule has 0 saturated carbocycles. The molecule has 0 saturated heterocycles. The molecule has 0 amide bonds. The first-order valence-electron chi connectivity index (χ1n) is 11.8. The van der Waals surface area contributed by atoms with Crippen molar-refractivity contribution in [3.63, 3.8) is 0 Å². The molecule has 0 spiro atoms. The number of carbonyl (C=O) groups is 1. The SMILES string of the molecule is CCOC(=O)C1=C(C)N=c2sc(=Cc3ccc(OC)cc3OC)c(=O)n2C1c1ccc(C(C)C)cc1. The van der Waals surface area contributed by atoms with Crippen LogP contribution >= 0.6 is 11.3 Å². The predicted octanol–water partition coefficient (Wildman–Crippen LogP) is 3.94. The van der Waals surface area contributed by atoms with Crippen molar-refractivity contribution in [2.24, 2.45) is 4.99 Å². The van der Waals surface area contributed by atoms with Crippen molar-refractivity contribution < 1.29 is 19.0 Å². The third-order valence-corrected chi connectivity index (χ3v) is 7.15. The monoisotopic (exact) mass is 506 g/mol. The van der Waals surface area contributed by atoms with Gasteiger partial charge >= 0.3 is 5.97 Å². The Bertz CT molecular complexity index is 1500. The second-order valence-electron chi connectivity index (χ2n) is 8.73. The zero-order chi connectivity index (χ0) is 26.0. The van der Waals surface area contributed by atoms with Crippen molar-refractivity contribution in [3.8, 4) is 11.5 Å². The average molecular weight is 507 g/mol. The second-order valence-corrected chi connectivity index (χ2v) is 9.74. The van der Waals surface area contributed by atoms with E-state index >= 15 is 0 Å². The molecule has 1 aromatic heterocycles. The number of thiazole rings is 1. The van der Waals surface area contributed by atoms with E-state index in [1.165, 1.54) is 16.9 Å². The largest absolute Gasteiger partial charge is 0.497 e. The first-order chi connectivity index (χ1) is 17.3. The Kier molecular flexibility index (Phi) is 7.45. The van der Waals surface area contributed by atoms with Crippen LogP contribution in [0.3, 0.4) is 0 Å². The smallest absolute Gasteiger partial charge is 0.338 e. The van der Waals surface area contributed by atoms with Crippen molar-refractivity contribution in [1.82, 2.24) is 4.57 Å². The van der Waals surface area contributed by atoms with E-state index in [9.17, 15) is 9.59 Å². The van der Waals surface area contributed by atoms with Crippen LogP contribution in [0.2, 0.25) is 0 Å². The number of benzene rings is 2. The lowest BCUT2D eigenvalue weighted by Gasteiger charge is -2.25. The van der Waals surface area contributed by atoms with Crippen molar-refractivity contribution in [2.75, 3.05) is 20.8 Å². The van der Waals surface area contributed by atoms with Gasteiger partial charge in [-0.15, -0.1) is 0 Å². The maximum Gasteiger partial charge on any atom is 0.338 e. The number of ether oxygens (including phenoxy) is 3. The van der Waals surface area contributed by atoms with Gasteiger partial charge in [-0.25, -0.2) is 9.79 Å². The van der Waals surface area contributed by atoms with Gasteiger partial charge in [-0.3, -0.25) is 9.36 Å². The number of carbonyl (C=O) groups excluding carboxylic acids is 1. The minimum absolute atomic E-state index is 0.232. The Morgan fingerprint density at radius 3 is 2.47 bits per heavy atom. The summed E-state index contributed by atoms with van der Waals surface area (Å²) in [5, 5.41) is 0. The Morgan fingerprint density at radius 2 is 1.86 bits per heavy atom. The third-order valence-electron chi connectivity index (χ3n) is 6.16. The van der Waals surface area contributed by atoms with Gasteiger partial charge in [0.05, 0.1) is 42.7 Å². The van der Waals surface area contributed by atoms with Crippen LogP contribution < -0.4 is 24.4 Å². The Morgan fingerprint density at radius 1 is 1.14 bits per heavy atom. The molecule has 0 N–H and O–H groups in total. The Hall–Kier alpha value is -3.65. The van der Waals surface area contributed by atoms with Gasteiger partial charge in [0.1, 0.15) is 11.5 Å². The lowest BCUT2D eigenvalue weighted by atomic mass is 9.93. The Balaban J connectivity index is 1.93. The van der Waals surface area contributed by atoms with Crippen molar-refractivity contribution in [1.29, 1.82) is 0 Å². The number of hydrogen-bond donors (Lipinski definition) is 0. The van der Waals surface area contributed by atoms with Gasteiger partial charge in [0, 0.05) is 11.6 Å². The van der Waals surface area contributed by atoms with Crippen molar-refractivity contribution in [3.05, 3.63) is 90.1 Å². The number of allylic oxidation sites excluding steroid dienone is 1. The first-order valence-corrected chi connectivity index (χ1v) is 12.6. The van der Waals surface area contributed by atoms with Crippen LogP contribution in [-0.2, 0) is 9.53 Å². The summed E-state index contributed by atoms with van der Waals surface area (Å²) in [5.41, 5.74) is 3.42.